The molecule has 124 valence electrons. The van der Waals surface area contributed by atoms with Gasteiger partial charge in [-0.3, -0.25) is 9.59 Å². The zero-order valence-electron chi connectivity index (χ0n) is 14.5. The van der Waals surface area contributed by atoms with Crippen LogP contribution in [0.5, 0.6) is 0 Å². The Labute approximate surface area is 142 Å². The van der Waals surface area contributed by atoms with Crippen molar-refractivity contribution >= 4 is 23.2 Å². The van der Waals surface area contributed by atoms with Gasteiger partial charge in [0.1, 0.15) is 0 Å². The Bertz CT molecular complexity index is 838. The number of amides is 2. The van der Waals surface area contributed by atoms with Gasteiger partial charge in [0.25, 0.3) is 5.91 Å². The summed E-state index contributed by atoms with van der Waals surface area (Å²) in [7, 11) is 0. The second-order valence-corrected chi connectivity index (χ2v) is 7.12. The van der Waals surface area contributed by atoms with E-state index < -0.39 is 0 Å². The van der Waals surface area contributed by atoms with Crippen LogP contribution in [0, 0.1) is 13.8 Å². The molecular formula is C20H22N2O2. The highest BCUT2D eigenvalue weighted by Crippen LogP contribution is 2.38. The second kappa shape index (κ2) is 5.78. The molecule has 0 atom stereocenters. The number of fused-ring (bicyclic) bond motifs is 1. The first-order valence-corrected chi connectivity index (χ1v) is 8.09. The van der Waals surface area contributed by atoms with Crippen molar-refractivity contribution in [3.8, 4) is 0 Å². The summed E-state index contributed by atoms with van der Waals surface area (Å²) in [5.41, 5.74) is 5.21. The van der Waals surface area contributed by atoms with Gasteiger partial charge in [-0.1, -0.05) is 26.0 Å². The van der Waals surface area contributed by atoms with E-state index in [2.05, 4.69) is 24.5 Å². The minimum atomic E-state index is -0.200. The fourth-order valence-corrected chi connectivity index (χ4v) is 3.09. The van der Waals surface area contributed by atoms with Gasteiger partial charge in [0.05, 0.1) is 0 Å². The number of carbonyl (C=O) groups is 2. The largest absolute Gasteiger partial charge is 0.326 e. The summed E-state index contributed by atoms with van der Waals surface area (Å²) in [6.07, 6.45) is 0.467. The lowest BCUT2D eigenvalue weighted by atomic mass is 9.78. The van der Waals surface area contributed by atoms with Crippen LogP contribution in [0.2, 0.25) is 0 Å². The van der Waals surface area contributed by atoms with Gasteiger partial charge in [-0.2, -0.15) is 0 Å². The summed E-state index contributed by atoms with van der Waals surface area (Å²) in [6, 6.07) is 11.3. The third-order valence-electron chi connectivity index (χ3n) is 4.65. The molecule has 4 nitrogen and oxygen atoms in total. The van der Waals surface area contributed by atoms with Crippen LogP contribution in [0.1, 0.15) is 47.3 Å². The SMILES string of the molecule is Cc1ccc(C(=O)Nc2ccc3c(c2)NC(=O)CC3(C)C)cc1C. The van der Waals surface area contributed by atoms with Gasteiger partial charge in [-0.25, -0.2) is 0 Å². The second-order valence-electron chi connectivity index (χ2n) is 7.12. The van der Waals surface area contributed by atoms with Gasteiger partial charge in [-0.05, 0) is 54.8 Å². The van der Waals surface area contributed by atoms with Crippen LogP contribution in [0.3, 0.4) is 0 Å². The van der Waals surface area contributed by atoms with Gasteiger partial charge in [0.2, 0.25) is 5.91 Å². The Morgan fingerprint density at radius 3 is 2.54 bits per heavy atom. The standard InChI is InChI=1S/C20H22N2O2/c1-12-5-6-14(9-13(12)2)19(24)21-15-7-8-16-17(10-15)22-18(23)11-20(16,3)4/h5-10H,11H2,1-4H3,(H,21,24)(H,22,23). The monoisotopic (exact) mass is 322 g/mol. The lowest BCUT2D eigenvalue weighted by molar-refractivity contribution is -0.117. The first-order chi connectivity index (χ1) is 11.3. The number of hydrogen-bond donors (Lipinski definition) is 2. The number of hydrogen-bond acceptors (Lipinski definition) is 2. The molecule has 0 saturated heterocycles. The van der Waals surface area contributed by atoms with Crippen LogP contribution in [0.25, 0.3) is 0 Å². The molecule has 2 amide bonds. The molecule has 0 bridgehead atoms. The van der Waals surface area contributed by atoms with E-state index in [-0.39, 0.29) is 17.2 Å². The third-order valence-corrected chi connectivity index (χ3v) is 4.65. The van der Waals surface area contributed by atoms with Gasteiger partial charge < -0.3 is 10.6 Å². The highest BCUT2D eigenvalue weighted by Gasteiger charge is 2.31. The zero-order valence-corrected chi connectivity index (χ0v) is 14.5. The van der Waals surface area contributed by atoms with Crippen molar-refractivity contribution in [3.63, 3.8) is 0 Å². The summed E-state index contributed by atoms with van der Waals surface area (Å²) in [5.74, 6) is -0.149. The number of anilines is 2. The molecule has 1 aliphatic rings. The Morgan fingerprint density at radius 1 is 1.08 bits per heavy atom. The molecule has 0 saturated carbocycles. The third kappa shape index (κ3) is 3.04. The van der Waals surface area contributed by atoms with E-state index >= 15 is 0 Å². The smallest absolute Gasteiger partial charge is 0.255 e. The van der Waals surface area contributed by atoms with Crippen molar-refractivity contribution in [2.45, 2.75) is 39.5 Å². The van der Waals surface area contributed by atoms with E-state index in [1.54, 1.807) is 0 Å². The van der Waals surface area contributed by atoms with E-state index in [1.807, 2.05) is 50.2 Å². The van der Waals surface area contributed by atoms with Crippen LogP contribution in [-0.4, -0.2) is 11.8 Å². The van der Waals surface area contributed by atoms with Gasteiger partial charge >= 0.3 is 0 Å². The number of carbonyl (C=O) groups excluding carboxylic acids is 2. The topological polar surface area (TPSA) is 58.2 Å². The highest BCUT2D eigenvalue weighted by atomic mass is 16.2. The van der Waals surface area contributed by atoms with Crippen molar-refractivity contribution < 1.29 is 9.59 Å². The van der Waals surface area contributed by atoms with Crippen LogP contribution in [-0.2, 0) is 10.2 Å². The summed E-state index contributed by atoms with van der Waals surface area (Å²) in [4.78, 5) is 24.3. The van der Waals surface area contributed by atoms with Crippen molar-refractivity contribution in [2.75, 3.05) is 10.6 Å². The Morgan fingerprint density at radius 2 is 1.83 bits per heavy atom. The zero-order chi connectivity index (χ0) is 17.5. The van der Waals surface area contributed by atoms with Crippen LogP contribution in [0.4, 0.5) is 11.4 Å². The molecule has 3 rings (SSSR count). The van der Waals surface area contributed by atoms with Gasteiger partial charge in [-0.15, -0.1) is 0 Å². The van der Waals surface area contributed by atoms with Crippen LogP contribution < -0.4 is 10.6 Å². The predicted octanol–water partition coefficient (Wildman–Crippen LogP) is 4.18. The molecule has 2 aromatic rings. The minimum absolute atomic E-state index is 0.00476. The van der Waals surface area contributed by atoms with Crippen LogP contribution >= 0.6 is 0 Å². The average molecular weight is 322 g/mol. The van der Waals surface area contributed by atoms with E-state index in [0.717, 1.165) is 22.4 Å². The maximum atomic E-state index is 12.4. The summed E-state index contributed by atoms with van der Waals surface area (Å²) < 4.78 is 0. The van der Waals surface area contributed by atoms with Crippen molar-refractivity contribution in [1.82, 2.24) is 0 Å². The number of rotatable bonds is 2. The molecule has 0 aromatic heterocycles. The van der Waals surface area contributed by atoms with Crippen LogP contribution in [0.15, 0.2) is 36.4 Å². The minimum Gasteiger partial charge on any atom is -0.326 e. The summed E-state index contributed by atoms with van der Waals surface area (Å²) >= 11 is 0. The molecule has 1 aliphatic heterocycles. The number of aryl methyl sites for hydroxylation is 2. The molecule has 1 heterocycles. The molecule has 0 radical (unpaired) electrons. The molecule has 0 aliphatic carbocycles. The predicted molar refractivity (Wildman–Crippen MR) is 96.6 cm³/mol. The molecular weight excluding hydrogens is 300 g/mol. The normalized spacial score (nSPS) is 15.4. The molecule has 0 spiro atoms. The number of nitrogens with one attached hydrogen (secondary N) is 2. The van der Waals surface area contributed by atoms with Crippen molar-refractivity contribution in [3.05, 3.63) is 58.7 Å². The summed E-state index contributed by atoms with van der Waals surface area (Å²) in [6.45, 7) is 8.11. The first kappa shape index (κ1) is 16.2. The fraction of sp³-hybridized carbons (Fsp3) is 0.300. The van der Waals surface area contributed by atoms with E-state index in [0.29, 0.717) is 17.7 Å². The van der Waals surface area contributed by atoms with E-state index in [1.165, 1.54) is 0 Å². The lowest BCUT2D eigenvalue weighted by Gasteiger charge is -2.32. The van der Waals surface area contributed by atoms with E-state index in [4.69, 9.17) is 0 Å². The van der Waals surface area contributed by atoms with E-state index in [9.17, 15) is 9.59 Å². The lowest BCUT2D eigenvalue weighted by Crippen LogP contribution is -2.32. The molecule has 4 heteroatoms. The molecule has 0 fully saturated rings. The summed E-state index contributed by atoms with van der Waals surface area (Å²) in [5, 5.41) is 5.80. The van der Waals surface area contributed by atoms with Crippen molar-refractivity contribution in [2.24, 2.45) is 0 Å². The average Bonchev–Trinajstić information content (AvgIpc) is 2.48. The number of benzene rings is 2. The Balaban J connectivity index is 1.86. The quantitative estimate of drug-likeness (QED) is 0.871. The maximum Gasteiger partial charge on any atom is 0.255 e. The molecule has 2 aromatic carbocycles. The highest BCUT2D eigenvalue weighted by molar-refractivity contribution is 6.05. The maximum absolute atomic E-state index is 12.4. The molecule has 2 N–H and O–H groups in total. The molecule has 0 unspecified atom stereocenters. The van der Waals surface area contributed by atoms with Crippen molar-refractivity contribution in [1.29, 1.82) is 0 Å². The first-order valence-electron chi connectivity index (χ1n) is 8.09. The molecule has 24 heavy (non-hydrogen) atoms. The Hall–Kier alpha value is -2.62. The Kier molecular flexibility index (Phi) is 3.91. The van der Waals surface area contributed by atoms with Gasteiger partial charge in [0, 0.05) is 28.8 Å². The van der Waals surface area contributed by atoms with Gasteiger partial charge in [0.15, 0.2) is 0 Å². The fourth-order valence-electron chi connectivity index (χ4n) is 3.09.